The fourth-order valence-corrected chi connectivity index (χ4v) is 5.10. The molecule has 6 nitrogen and oxygen atoms in total. The number of nitriles is 1. The number of sulfonamides is 1. The van der Waals surface area contributed by atoms with Gasteiger partial charge in [0, 0.05) is 48.2 Å². The Morgan fingerprint density at radius 2 is 2.00 bits per heavy atom. The maximum atomic E-state index is 14.6. The zero-order valence-electron chi connectivity index (χ0n) is 17.2. The Kier molecular flexibility index (Phi) is 5.90. The second-order valence-electron chi connectivity index (χ2n) is 7.65. The van der Waals surface area contributed by atoms with E-state index >= 15 is 0 Å². The number of hydrogen-bond donors (Lipinski definition) is 1. The van der Waals surface area contributed by atoms with Gasteiger partial charge in [-0.25, -0.2) is 17.1 Å². The molecule has 0 radical (unpaired) electrons. The highest BCUT2D eigenvalue weighted by Crippen LogP contribution is 2.33. The molecule has 0 saturated carbocycles. The monoisotopic (exact) mass is 438 g/mol. The number of piperidine rings is 1. The van der Waals surface area contributed by atoms with Crippen LogP contribution in [-0.4, -0.2) is 42.6 Å². The average molecular weight is 439 g/mol. The minimum atomic E-state index is -3.18. The van der Waals surface area contributed by atoms with E-state index < -0.39 is 15.8 Å². The molecule has 2 heterocycles. The summed E-state index contributed by atoms with van der Waals surface area (Å²) in [4.78, 5) is 4.22. The van der Waals surface area contributed by atoms with E-state index in [9.17, 15) is 18.1 Å². The summed E-state index contributed by atoms with van der Waals surface area (Å²) in [5.41, 5.74) is 2.25. The summed E-state index contributed by atoms with van der Waals surface area (Å²) in [7, 11) is -3.18. The molecule has 1 aliphatic rings. The molecule has 160 valence electrons. The molecule has 31 heavy (non-hydrogen) atoms. The molecule has 0 spiro atoms. The predicted octanol–water partition coefficient (Wildman–Crippen LogP) is 4.14. The van der Waals surface area contributed by atoms with E-state index in [4.69, 9.17) is 0 Å². The lowest BCUT2D eigenvalue weighted by Crippen LogP contribution is -2.42. The van der Waals surface area contributed by atoms with E-state index in [0.29, 0.717) is 42.6 Å². The zero-order valence-corrected chi connectivity index (χ0v) is 18.0. The van der Waals surface area contributed by atoms with Gasteiger partial charge in [-0.1, -0.05) is 0 Å². The van der Waals surface area contributed by atoms with Crippen molar-refractivity contribution < 1.29 is 12.8 Å². The van der Waals surface area contributed by atoms with Crippen molar-refractivity contribution in [3.8, 4) is 17.2 Å². The van der Waals surface area contributed by atoms with Crippen LogP contribution in [0.2, 0.25) is 0 Å². The highest BCUT2D eigenvalue weighted by molar-refractivity contribution is 7.89. The van der Waals surface area contributed by atoms with Crippen molar-refractivity contribution in [1.82, 2.24) is 9.29 Å². The molecule has 1 fully saturated rings. The quantitative estimate of drug-likeness (QED) is 0.647. The molecule has 0 unspecified atom stereocenters. The number of pyridine rings is 1. The highest BCUT2D eigenvalue weighted by atomic mass is 32.2. The summed E-state index contributed by atoms with van der Waals surface area (Å²) < 4.78 is 40.3. The van der Waals surface area contributed by atoms with Gasteiger partial charge in [0.15, 0.2) is 0 Å². The van der Waals surface area contributed by atoms with E-state index in [0.717, 1.165) is 16.5 Å². The largest absolute Gasteiger partial charge is 0.382 e. The van der Waals surface area contributed by atoms with Crippen LogP contribution in [0, 0.1) is 17.1 Å². The molecule has 0 amide bonds. The third-order valence-electron chi connectivity index (χ3n) is 5.73. The Balaban J connectivity index is 1.67. The van der Waals surface area contributed by atoms with Gasteiger partial charge in [-0.15, -0.1) is 0 Å². The third-order valence-corrected chi connectivity index (χ3v) is 7.62. The fourth-order valence-electron chi connectivity index (χ4n) is 3.97. The molecule has 1 aromatic heterocycles. The van der Waals surface area contributed by atoms with E-state index in [2.05, 4.69) is 16.4 Å². The van der Waals surface area contributed by atoms with Crippen molar-refractivity contribution in [3.63, 3.8) is 0 Å². The van der Waals surface area contributed by atoms with Crippen LogP contribution in [0.1, 0.15) is 25.3 Å². The molecule has 0 atom stereocenters. The number of fused-ring (bicyclic) bond motifs is 1. The van der Waals surface area contributed by atoms with Crippen molar-refractivity contribution in [2.75, 3.05) is 24.2 Å². The van der Waals surface area contributed by atoms with Crippen LogP contribution < -0.4 is 5.32 Å². The lowest BCUT2D eigenvalue weighted by molar-refractivity contribution is 0.330. The first-order valence-corrected chi connectivity index (χ1v) is 11.8. The number of anilines is 1. The number of nitrogens with zero attached hydrogens (tertiary/aromatic N) is 3. The Bertz CT molecular complexity index is 1260. The lowest BCUT2D eigenvalue weighted by atomic mass is 9.98. The van der Waals surface area contributed by atoms with Gasteiger partial charge in [0.2, 0.25) is 10.0 Å². The van der Waals surface area contributed by atoms with Gasteiger partial charge in [-0.3, -0.25) is 4.98 Å². The van der Waals surface area contributed by atoms with Crippen molar-refractivity contribution in [3.05, 3.63) is 60.2 Å². The maximum absolute atomic E-state index is 14.6. The van der Waals surface area contributed by atoms with Crippen LogP contribution in [0.4, 0.5) is 10.1 Å². The summed E-state index contributed by atoms with van der Waals surface area (Å²) in [6.07, 6.45) is 4.82. The molecule has 3 aromatic rings. The summed E-state index contributed by atoms with van der Waals surface area (Å²) in [5.74, 6) is -0.284. The molecule has 2 aromatic carbocycles. The number of benzene rings is 2. The second-order valence-corrected chi connectivity index (χ2v) is 9.90. The smallest absolute Gasteiger partial charge is 0.213 e. The van der Waals surface area contributed by atoms with Gasteiger partial charge < -0.3 is 5.32 Å². The van der Waals surface area contributed by atoms with Gasteiger partial charge in [-0.2, -0.15) is 5.26 Å². The van der Waals surface area contributed by atoms with Crippen molar-refractivity contribution in [2.45, 2.75) is 25.8 Å². The first kappa shape index (κ1) is 21.2. The van der Waals surface area contributed by atoms with Crippen LogP contribution in [0.15, 0.2) is 48.8 Å². The Labute approximate surface area is 181 Å². The average Bonchev–Trinajstić information content (AvgIpc) is 2.79. The van der Waals surface area contributed by atoms with Gasteiger partial charge in [0.25, 0.3) is 0 Å². The SMILES string of the molecule is CCS(=O)(=O)N1CCC(Nc2cc(-c3cc(C#N)ccc3F)cc3ccncc23)CC1. The first-order chi connectivity index (χ1) is 14.9. The van der Waals surface area contributed by atoms with Gasteiger partial charge in [0.05, 0.1) is 17.4 Å². The van der Waals surface area contributed by atoms with Crippen molar-refractivity contribution in [1.29, 1.82) is 5.26 Å². The minimum Gasteiger partial charge on any atom is -0.382 e. The molecule has 1 saturated heterocycles. The van der Waals surface area contributed by atoms with Crippen molar-refractivity contribution in [2.24, 2.45) is 0 Å². The number of rotatable bonds is 5. The second kappa shape index (κ2) is 8.61. The summed E-state index contributed by atoms with van der Waals surface area (Å²) >= 11 is 0. The van der Waals surface area contributed by atoms with E-state index in [1.54, 1.807) is 29.7 Å². The summed E-state index contributed by atoms with van der Waals surface area (Å²) in [6.45, 7) is 2.61. The molecule has 0 bridgehead atoms. The Morgan fingerprint density at radius 3 is 2.71 bits per heavy atom. The molecular weight excluding hydrogens is 415 g/mol. The molecule has 4 rings (SSSR count). The minimum absolute atomic E-state index is 0.0947. The van der Waals surface area contributed by atoms with E-state index in [1.807, 2.05) is 18.2 Å². The number of halogens is 1. The van der Waals surface area contributed by atoms with Crippen LogP contribution >= 0.6 is 0 Å². The Morgan fingerprint density at radius 1 is 1.23 bits per heavy atom. The summed E-state index contributed by atoms with van der Waals surface area (Å²) in [5, 5.41) is 14.5. The topological polar surface area (TPSA) is 86.1 Å². The molecular formula is C23H23FN4O2S. The highest BCUT2D eigenvalue weighted by Gasteiger charge is 2.27. The van der Waals surface area contributed by atoms with Crippen LogP contribution in [0.5, 0.6) is 0 Å². The molecule has 8 heteroatoms. The summed E-state index contributed by atoms with van der Waals surface area (Å²) in [6, 6.07) is 12.1. The van der Waals surface area contributed by atoms with Crippen LogP contribution in [-0.2, 0) is 10.0 Å². The first-order valence-electron chi connectivity index (χ1n) is 10.2. The fraction of sp³-hybridized carbons (Fsp3) is 0.304. The van der Waals surface area contributed by atoms with Gasteiger partial charge in [0.1, 0.15) is 5.82 Å². The van der Waals surface area contributed by atoms with E-state index in [1.165, 1.54) is 12.1 Å². The number of nitrogens with one attached hydrogen (secondary N) is 1. The molecule has 0 aliphatic carbocycles. The Hall–Kier alpha value is -3.02. The maximum Gasteiger partial charge on any atom is 0.213 e. The normalized spacial score (nSPS) is 15.6. The third kappa shape index (κ3) is 4.38. The molecule has 1 aliphatic heterocycles. The standard InChI is InChI=1S/C23H23FN4O2S/c1-2-31(29,30)28-9-6-19(7-10-28)27-23-13-18(12-17-5-8-26-15-21(17)23)20-11-16(14-25)3-4-22(20)24/h3-5,8,11-13,15,19,27H,2,6-7,9-10H2,1H3. The number of hydrogen-bond acceptors (Lipinski definition) is 5. The number of aromatic nitrogens is 1. The van der Waals surface area contributed by atoms with E-state index in [-0.39, 0.29) is 11.8 Å². The van der Waals surface area contributed by atoms with Crippen LogP contribution in [0.25, 0.3) is 21.9 Å². The van der Waals surface area contributed by atoms with Crippen molar-refractivity contribution >= 4 is 26.5 Å². The van der Waals surface area contributed by atoms with Gasteiger partial charge in [-0.05, 0) is 67.1 Å². The van der Waals surface area contributed by atoms with Gasteiger partial charge >= 0.3 is 0 Å². The van der Waals surface area contributed by atoms with Crippen LogP contribution in [0.3, 0.4) is 0 Å². The molecule has 1 N–H and O–H groups in total. The predicted molar refractivity (Wildman–Crippen MR) is 120 cm³/mol. The zero-order chi connectivity index (χ0) is 22.0. The lowest BCUT2D eigenvalue weighted by Gasteiger charge is -2.32.